The average Bonchev–Trinajstić information content (AvgIpc) is 2.92. The molecule has 1 atom stereocenters. The van der Waals surface area contributed by atoms with Crippen LogP contribution in [0.5, 0.6) is 5.75 Å². The van der Waals surface area contributed by atoms with Gasteiger partial charge in [-0.25, -0.2) is 8.42 Å². The van der Waals surface area contributed by atoms with E-state index in [1.165, 1.54) is 17.0 Å². The lowest BCUT2D eigenvalue weighted by molar-refractivity contribution is -0.141. The van der Waals surface area contributed by atoms with E-state index in [4.69, 9.17) is 4.74 Å². The number of ether oxygens (including phenoxy) is 1. The lowest BCUT2D eigenvalue weighted by Crippen LogP contribution is -2.55. The number of aryl methyl sites for hydroxylation is 1. The van der Waals surface area contributed by atoms with Crippen LogP contribution in [0.3, 0.4) is 0 Å². The molecule has 0 heterocycles. The average molecular weight is 580 g/mol. The van der Waals surface area contributed by atoms with Gasteiger partial charge in [0, 0.05) is 12.1 Å². The summed E-state index contributed by atoms with van der Waals surface area (Å²) in [7, 11) is -2.56. The van der Waals surface area contributed by atoms with E-state index in [9.17, 15) is 18.0 Å². The summed E-state index contributed by atoms with van der Waals surface area (Å²) in [6.45, 7) is 10.8. The maximum absolute atomic E-state index is 14.2. The number of nitrogens with zero attached hydrogens (tertiary/aromatic N) is 2. The number of benzene rings is 3. The van der Waals surface area contributed by atoms with Crippen molar-refractivity contribution in [1.82, 2.24) is 10.2 Å². The molecule has 9 heteroatoms. The molecule has 0 saturated carbocycles. The molecule has 0 spiro atoms. The molecule has 0 aliphatic heterocycles. The Morgan fingerprint density at radius 3 is 2.22 bits per heavy atom. The Bertz CT molecular complexity index is 1470. The number of rotatable bonds is 11. The second kappa shape index (κ2) is 13.2. The molecule has 3 aromatic carbocycles. The van der Waals surface area contributed by atoms with Gasteiger partial charge in [0.15, 0.2) is 0 Å². The van der Waals surface area contributed by atoms with Crippen LogP contribution in [0.2, 0.25) is 0 Å². The van der Waals surface area contributed by atoms with Crippen LogP contribution in [0.1, 0.15) is 50.8 Å². The number of amides is 2. The van der Waals surface area contributed by atoms with Crippen molar-refractivity contribution in [2.24, 2.45) is 0 Å². The van der Waals surface area contributed by atoms with Crippen LogP contribution >= 0.6 is 0 Å². The van der Waals surface area contributed by atoms with Gasteiger partial charge in [-0.3, -0.25) is 13.9 Å². The zero-order valence-electron chi connectivity index (χ0n) is 25.0. The maximum atomic E-state index is 14.2. The molecule has 0 aromatic heterocycles. The fourth-order valence-electron chi connectivity index (χ4n) is 4.58. The van der Waals surface area contributed by atoms with Crippen molar-refractivity contribution in [2.45, 2.75) is 71.0 Å². The van der Waals surface area contributed by atoms with Crippen molar-refractivity contribution in [3.05, 3.63) is 89.5 Å². The molecule has 0 aliphatic rings. The molecule has 0 aliphatic carbocycles. The van der Waals surface area contributed by atoms with Crippen LogP contribution in [-0.4, -0.2) is 50.4 Å². The third-order valence-electron chi connectivity index (χ3n) is 6.83. The first-order valence-corrected chi connectivity index (χ1v) is 15.1. The Kier molecular flexibility index (Phi) is 10.2. The number of sulfonamides is 1. The normalized spacial score (nSPS) is 12.4. The number of methoxy groups -OCH3 is 1. The van der Waals surface area contributed by atoms with Gasteiger partial charge < -0.3 is 15.0 Å². The predicted octanol–water partition coefficient (Wildman–Crippen LogP) is 5.23. The molecule has 0 fully saturated rings. The first-order chi connectivity index (χ1) is 19.3. The topological polar surface area (TPSA) is 96.0 Å². The molecule has 3 rings (SSSR count). The standard InChI is InChI=1S/C32H41N3O5S/c1-8-28(31(37)33-32(4,5)6)34(21-25-15-13-16-26(20-25)40-7)30(36)22-35(29-19-12-14-23(2)24(29)3)41(38,39)27-17-10-9-11-18-27/h9-20,28H,8,21-22H2,1-7H3,(H,33,37)/t28-/m1/s1. The molecule has 220 valence electrons. The summed E-state index contributed by atoms with van der Waals surface area (Å²) in [6, 6.07) is 19.9. The minimum atomic E-state index is -4.12. The second-order valence-electron chi connectivity index (χ2n) is 11.1. The largest absolute Gasteiger partial charge is 0.497 e. The maximum Gasteiger partial charge on any atom is 0.264 e. The third-order valence-corrected chi connectivity index (χ3v) is 8.60. The van der Waals surface area contributed by atoms with Crippen LogP contribution in [0.25, 0.3) is 0 Å². The summed E-state index contributed by atoms with van der Waals surface area (Å²) >= 11 is 0. The number of carbonyl (C=O) groups is 2. The predicted molar refractivity (Wildman–Crippen MR) is 162 cm³/mol. The summed E-state index contributed by atoms with van der Waals surface area (Å²) in [5.41, 5.74) is 2.29. The van der Waals surface area contributed by atoms with Crippen LogP contribution in [0.15, 0.2) is 77.7 Å². The highest BCUT2D eigenvalue weighted by Gasteiger charge is 2.35. The van der Waals surface area contributed by atoms with Crippen molar-refractivity contribution in [3.8, 4) is 5.75 Å². The molecule has 1 N–H and O–H groups in total. The molecule has 0 unspecified atom stereocenters. The molecule has 0 radical (unpaired) electrons. The van der Waals surface area contributed by atoms with Crippen molar-refractivity contribution in [1.29, 1.82) is 0 Å². The van der Waals surface area contributed by atoms with Crippen LogP contribution < -0.4 is 14.4 Å². The second-order valence-corrected chi connectivity index (χ2v) is 12.9. The summed E-state index contributed by atoms with van der Waals surface area (Å²) in [6.07, 6.45) is 0.340. The van der Waals surface area contributed by atoms with E-state index in [0.717, 1.165) is 21.0 Å². The zero-order valence-corrected chi connectivity index (χ0v) is 25.8. The van der Waals surface area contributed by atoms with Gasteiger partial charge in [0.1, 0.15) is 18.3 Å². The highest BCUT2D eigenvalue weighted by molar-refractivity contribution is 7.92. The third kappa shape index (κ3) is 7.88. The number of carbonyl (C=O) groups excluding carboxylic acids is 2. The Hall–Kier alpha value is -3.85. The van der Waals surface area contributed by atoms with Gasteiger partial charge in [-0.1, -0.05) is 49.4 Å². The molecular weight excluding hydrogens is 538 g/mol. The van der Waals surface area contributed by atoms with Crippen molar-refractivity contribution >= 4 is 27.5 Å². The van der Waals surface area contributed by atoms with E-state index < -0.39 is 34.1 Å². The van der Waals surface area contributed by atoms with Gasteiger partial charge in [0.05, 0.1) is 17.7 Å². The summed E-state index contributed by atoms with van der Waals surface area (Å²) in [5, 5.41) is 2.98. The summed E-state index contributed by atoms with van der Waals surface area (Å²) in [5.74, 6) is -0.185. The lowest BCUT2D eigenvalue weighted by atomic mass is 10.1. The molecule has 41 heavy (non-hydrogen) atoms. The number of hydrogen-bond acceptors (Lipinski definition) is 5. The van der Waals surface area contributed by atoms with E-state index in [-0.39, 0.29) is 17.3 Å². The van der Waals surface area contributed by atoms with Gasteiger partial charge in [-0.15, -0.1) is 0 Å². The monoisotopic (exact) mass is 579 g/mol. The van der Waals surface area contributed by atoms with Gasteiger partial charge in [-0.05, 0) is 88.1 Å². The number of nitrogens with one attached hydrogen (secondary N) is 1. The van der Waals surface area contributed by atoms with Crippen LogP contribution in [0, 0.1) is 13.8 Å². The van der Waals surface area contributed by atoms with Gasteiger partial charge in [0.25, 0.3) is 10.0 Å². The highest BCUT2D eigenvalue weighted by atomic mass is 32.2. The number of anilines is 1. The van der Waals surface area contributed by atoms with E-state index in [1.54, 1.807) is 49.6 Å². The van der Waals surface area contributed by atoms with Crippen molar-refractivity contribution in [3.63, 3.8) is 0 Å². The molecule has 3 aromatic rings. The minimum Gasteiger partial charge on any atom is -0.497 e. The minimum absolute atomic E-state index is 0.0746. The molecule has 8 nitrogen and oxygen atoms in total. The Labute approximate surface area is 244 Å². The smallest absolute Gasteiger partial charge is 0.264 e. The summed E-state index contributed by atoms with van der Waals surface area (Å²) in [4.78, 5) is 29.2. The van der Waals surface area contributed by atoms with Gasteiger partial charge in [-0.2, -0.15) is 0 Å². The molecular formula is C32H41N3O5S. The Morgan fingerprint density at radius 2 is 1.61 bits per heavy atom. The lowest BCUT2D eigenvalue weighted by Gasteiger charge is -2.35. The fourth-order valence-corrected chi connectivity index (χ4v) is 6.07. The quantitative estimate of drug-likeness (QED) is 0.336. The number of hydrogen-bond donors (Lipinski definition) is 1. The zero-order chi connectivity index (χ0) is 30.4. The van der Waals surface area contributed by atoms with Crippen LogP contribution in [-0.2, 0) is 26.2 Å². The highest BCUT2D eigenvalue weighted by Crippen LogP contribution is 2.29. The van der Waals surface area contributed by atoms with Gasteiger partial charge in [0.2, 0.25) is 11.8 Å². The van der Waals surface area contributed by atoms with E-state index in [1.807, 2.05) is 59.7 Å². The fraction of sp³-hybridized carbons (Fsp3) is 0.375. The SMILES string of the molecule is CC[C@H](C(=O)NC(C)(C)C)N(Cc1cccc(OC)c1)C(=O)CN(c1cccc(C)c1C)S(=O)(=O)c1ccccc1. The van der Waals surface area contributed by atoms with Crippen molar-refractivity contribution < 1.29 is 22.7 Å². The summed E-state index contributed by atoms with van der Waals surface area (Å²) < 4.78 is 34.6. The Balaban J connectivity index is 2.11. The van der Waals surface area contributed by atoms with Crippen molar-refractivity contribution in [2.75, 3.05) is 18.0 Å². The van der Waals surface area contributed by atoms with E-state index in [2.05, 4.69) is 5.32 Å². The first-order valence-electron chi connectivity index (χ1n) is 13.7. The van der Waals surface area contributed by atoms with Gasteiger partial charge >= 0.3 is 0 Å². The first kappa shape index (κ1) is 31.7. The van der Waals surface area contributed by atoms with E-state index in [0.29, 0.717) is 17.9 Å². The molecule has 2 amide bonds. The van der Waals surface area contributed by atoms with Crippen LogP contribution in [0.4, 0.5) is 5.69 Å². The Morgan fingerprint density at radius 1 is 0.951 bits per heavy atom. The molecule has 0 saturated heterocycles. The molecule has 0 bridgehead atoms. The van der Waals surface area contributed by atoms with E-state index >= 15 is 0 Å².